The van der Waals surface area contributed by atoms with Gasteiger partial charge in [0.25, 0.3) is 0 Å². The zero-order chi connectivity index (χ0) is 24.8. The summed E-state index contributed by atoms with van der Waals surface area (Å²) in [4.78, 5) is 12.8. The van der Waals surface area contributed by atoms with Crippen molar-refractivity contribution in [1.82, 2.24) is 4.57 Å². The molecule has 0 radical (unpaired) electrons. The minimum atomic E-state index is -5.01. The monoisotopic (exact) mass is 485 g/mol. The van der Waals surface area contributed by atoms with Crippen LogP contribution in [-0.2, 0) is 12.4 Å². The summed E-state index contributed by atoms with van der Waals surface area (Å²) in [6.07, 6.45) is -10.0. The minimum Gasteiger partial charge on any atom is -0.485 e. The Hall–Kier alpha value is -3.63. The van der Waals surface area contributed by atoms with Crippen LogP contribution >= 0.6 is 0 Å². The summed E-state index contributed by atoms with van der Waals surface area (Å²) in [7, 11) is 0. The van der Waals surface area contributed by atoms with Crippen molar-refractivity contribution in [2.75, 3.05) is 13.4 Å². The lowest BCUT2D eigenvalue weighted by atomic mass is 10.1. The van der Waals surface area contributed by atoms with Gasteiger partial charge in [0.05, 0.1) is 11.1 Å². The maximum Gasteiger partial charge on any atom is 0.416 e. The van der Waals surface area contributed by atoms with E-state index >= 15 is 0 Å². The first-order valence-electron chi connectivity index (χ1n) is 9.89. The van der Waals surface area contributed by atoms with Gasteiger partial charge in [-0.1, -0.05) is 0 Å². The Morgan fingerprint density at radius 2 is 1.53 bits per heavy atom. The van der Waals surface area contributed by atoms with E-state index in [0.29, 0.717) is 40.7 Å². The smallest absolute Gasteiger partial charge is 0.416 e. The number of fused-ring (bicyclic) bond motifs is 1. The van der Waals surface area contributed by atoms with Crippen molar-refractivity contribution in [3.63, 3.8) is 0 Å². The molecule has 0 saturated heterocycles. The van der Waals surface area contributed by atoms with Crippen molar-refractivity contribution in [1.29, 1.82) is 0 Å². The number of benzene rings is 2. The van der Waals surface area contributed by atoms with E-state index in [2.05, 4.69) is 0 Å². The standard InChI is InChI=1S/C23H17F6NO4/c1-12-5-18(13(2)30(12)16-3-4-20-21(9-16)34-11-33-20)19(31)10-32-17-7-14(22(24,25)26)6-15(8-17)23(27,28)29/h3-9H,10-11H2,1-2H3. The van der Waals surface area contributed by atoms with E-state index in [1.165, 1.54) is 0 Å². The van der Waals surface area contributed by atoms with Crippen LogP contribution in [0.25, 0.3) is 5.69 Å². The summed E-state index contributed by atoms with van der Waals surface area (Å²) in [6, 6.07) is 7.63. The van der Waals surface area contributed by atoms with Crippen LogP contribution in [0.1, 0.15) is 32.9 Å². The summed E-state index contributed by atoms with van der Waals surface area (Å²) in [5, 5.41) is 0. The Bertz CT molecular complexity index is 1230. The summed E-state index contributed by atoms with van der Waals surface area (Å²) in [6.45, 7) is 2.76. The highest BCUT2D eigenvalue weighted by molar-refractivity contribution is 5.98. The molecule has 0 aliphatic carbocycles. The van der Waals surface area contributed by atoms with Crippen molar-refractivity contribution in [3.05, 3.63) is 70.5 Å². The summed E-state index contributed by atoms with van der Waals surface area (Å²) in [5.74, 6) is -0.201. The van der Waals surface area contributed by atoms with Gasteiger partial charge in [-0.3, -0.25) is 4.79 Å². The molecule has 180 valence electrons. The van der Waals surface area contributed by atoms with Crippen LogP contribution in [0.5, 0.6) is 17.2 Å². The molecule has 0 atom stereocenters. The number of aromatic nitrogens is 1. The number of rotatable bonds is 5. The number of nitrogens with zero attached hydrogens (tertiary/aromatic N) is 1. The zero-order valence-electron chi connectivity index (χ0n) is 17.8. The van der Waals surface area contributed by atoms with Gasteiger partial charge in [-0.05, 0) is 50.2 Å². The van der Waals surface area contributed by atoms with Crippen molar-refractivity contribution >= 4 is 5.78 Å². The Morgan fingerprint density at radius 3 is 2.15 bits per heavy atom. The summed E-state index contributed by atoms with van der Waals surface area (Å²) in [5.41, 5.74) is -0.940. The van der Waals surface area contributed by atoms with E-state index in [1.54, 1.807) is 42.7 Å². The third-order valence-corrected chi connectivity index (χ3v) is 5.28. The number of Topliss-reactive ketones (excluding diaryl/α,β-unsaturated/α-hetero) is 1. The first-order chi connectivity index (χ1) is 15.8. The number of hydrogen-bond acceptors (Lipinski definition) is 4. The summed E-state index contributed by atoms with van der Waals surface area (Å²) >= 11 is 0. The average Bonchev–Trinajstić information content (AvgIpc) is 3.33. The highest BCUT2D eigenvalue weighted by Gasteiger charge is 2.37. The molecule has 4 rings (SSSR count). The molecular weight excluding hydrogens is 468 g/mol. The molecule has 0 bridgehead atoms. The molecule has 0 unspecified atom stereocenters. The second-order valence-corrected chi connectivity index (χ2v) is 7.61. The van der Waals surface area contributed by atoms with Gasteiger partial charge in [0.1, 0.15) is 5.75 Å². The molecule has 1 aromatic heterocycles. The van der Waals surface area contributed by atoms with Crippen LogP contribution in [0, 0.1) is 13.8 Å². The molecule has 0 saturated carbocycles. The molecule has 34 heavy (non-hydrogen) atoms. The molecule has 5 nitrogen and oxygen atoms in total. The SMILES string of the molecule is Cc1cc(C(=O)COc2cc(C(F)(F)F)cc(C(F)(F)F)c2)c(C)n1-c1ccc2c(c1)OCO2. The number of ether oxygens (including phenoxy) is 3. The number of carbonyl (C=O) groups is 1. The van der Waals surface area contributed by atoms with Crippen LogP contribution in [0.4, 0.5) is 26.3 Å². The second kappa shape index (κ2) is 8.30. The van der Waals surface area contributed by atoms with Crippen molar-refractivity contribution < 1.29 is 45.3 Å². The molecule has 0 amide bonds. The van der Waals surface area contributed by atoms with Gasteiger partial charge in [0, 0.05) is 28.7 Å². The molecule has 2 aromatic carbocycles. The maximum absolute atomic E-state index is 13.0. The van der Waals surface area contributed by atoms with Crippen molar-refractivity contribution in [2.45, 2.75) is 26.2 Å². The van der Waals surface area contributed by atoms with Gasteiger partial charge in [0.15, 0.2) is 18.1 Å². The quantitative estimate of drug-likeness (QED) is 0.323. The lowest BCUT2D eigenvalue weighted by Gasteiger charge is -2.14. The molecule has 3 aromatic rings. The first kappa shape index (κ1) is 23.5. The van der Waals surface area contributed by atoms with E-state index in [9.17, 15) is 31.1 Å². The molecule has 0 fully saturated rings. The number of halogens is 6. The number of carbonyl (C=O) groups excluding carboxylic acids is 1. The number of hydrogen-bond donors (Lipinski definition) is 0. The van der Waals surface area contributed by atoms with Gasteiger partial charge in [-0.25, -0.2) is 0 Å². The Morgan fingerprint density at radius 1 is 0.912 bits per heavy atom. The molecular formula is C23H17F6NO4. The van der Waals surface area contributed by atoms with Gasteiger partial charge in [-0.15, -0.1) is 0 Å². The Labute approximate surface area is 189 Å². The van der Waals surface area contributed by atoms with Crippen molar-refractivity contribution in [3.8, 4) is 22.9 Å². The van der Waals surface area contributed by atoms with E-state index in [0.717, 1.165) is 0 Å². The third-order valence-electron chi connectivity index (χ3n) is 5.28. The van der Waals surface area contributed by atoms with Crippen LogP contribution in [0.15, 0.2) is 42.5 Å². The molecule has 1 aliphatic rings. The molecule has 1 aliphatic heterocycles. The van der Waals surface area contributed by atoms with Gasteiger partial charge in [0.2, 0.25) is 12.6 Å². The first-order valence-corrected chi connectivity index (χ1v) is 9.89. The average molecular weight is 485 g/mol. The highest BCUT2D eigenvalue weighted by Crippen LogP contribution is 2.38. The predicted molar refractivity (Wildman–Crippen MR) is 108 cm³/mol. The van der Waals surface area contributed by atoms with Crippen LogP contribution in [0.2, 0.25) is 0 Å². The fourth-order valence-electron chi connectivity index (χ4n) is 3.70. The minimum absolute atomic E-state index is 0.00628. The van der Waals surface area contributed by atoms with Gasteiger partial charge < -0.3 is 18.8 Å². The largest absolute Gasteiger partial charge is 0.485 e. The second-order valence-electron chi connectivity index (χ2n) is 7.61. The summed E-state index contributed by atoms with van der Waals surface area (Å²) < 4.78 is 95.7. The normalized spacial score (nSPS) is 13.3. The number of ketones is 1. The van der Waals surface area contributed by atoms with E-state index in [4.69, 9.17) is 14.2 Å². The number of aryl methyl sites for hydroxylation is 1. The molecule has 0 spiro atoms. The maximum atomic E-state index is 13.0. The zero-order valence-corrected chi connectivity index (χ0v) is 17.8. The van der Waals surface area contributed by atoms with Gasteiger partial charge >= 0.3 is 12.4 Å². The van der Waals surface area contributed by atoms with E-state index in [1.807, 2.05) is 0 Å². The fraction of sp³-hybridized carbons (Fsp3) is 0.261. The highest BCUT2D eigenvalue weighted by atomic mass is 19.4. The molecule has 11 heteroatoms. The fourth-order valence-corrected chi connectivity index (χ4v) is 3.70. The topological polar surface area (TPSA) is 49.7 Å². The number of alkyl halides is 6. The van der Waals surface area contributed by atoms with Crippen LogP contribution < -0.4 is 14.2 Å². The van der Waals surface area contributed by atoms with Crippen molar-refractivity contribution in [2.24, 2.45) is 0 Å². The lowest BCUT2D eigenvalue weighted by molar-refractivity contribution is -0.143. The Balaban J connectivity index is 1.58. The predicted octanol–water partition coefficient (Wildman–Crippen LogP) is 6.12. The van der Waals surface area contributed by atoms with Crippen LogP contribution in [0.3, 0.4) is 0 Å². The molecule has 0 N–H and O–H groups in total. The third kappa shape index (κ3) is 4.55. The van der Waals surface area contributed by atoms with Crippen LogP contribution in [-0.4, -0.2) is 23.8 Å². The van der Waals surface area contributed by atoms with E-state index < -0.39 is 41.6 Å². The molecule has 2 heterocycles. The Kier molecular flexibility index (Phi) is 5.74. The lowest BCUT2D eigenvalue weighted by Crippen LogP contribution is -2.15. The van der Waals surface area contributed by atoms with E-state index in [-0.39, 0.29) is 18.4 Å². The van der Waals surface area contributed by atoms with Gasteiger partial charge in [-0.2, -0.15) is 26.3 Å².